The lowest BCUT2D eigenvalue weighted by Gasteiger charge is -2.16. The summed E-state index contributed by atoms with van der Waals surface area (Å²) in [5.74, 6) is 0.0429. The van der Waals surface area contributed by atoms with E-state index in [1.807, 2.05) is 56.3 Å². The topological polar surface area (TPSA) is 110 Å². The van der Waals surface area contributed by atoms with Crippen molar-refractivity contribution in [2.24, 2.45) is 0 Å². The number of hydrogen-bond acceptors (Lipinski definition) is 7. The number of nitrogens with one attached hydrogen (secondary N) is 1. The Hall–Kier alpha value is -5.09. The molecule has 3 aromatic carbocycles. The van der Waals surface area contributed by atoms with Crippen LogP contribution in [0.25, 0.3) is 33.1 Å². The van der Waals surface area contributed by atoms with Crippen molar-refractivity contribution in [2.45, 2.75) is 13.8 Å². The van der Waals surface area contributed by atoms with Gasteiger partial charge in [0.05, 0.1) is 11.3 Å². The Bertz CT molecular complexity index is 2120. The highest BCUT2D eigenvalue weighted by Gasteiger charge is 2.35. The molecule has 2 amide bonds. The van der Waals surface area contributed by atoms with Crippen LogP contribution in [-0.4, -0.2) is 33.0 Å². The lowest BCUT2D eigenvalue weighted by Crippen LogP contribution is -2.37. The summed E-state index contributed by atoms with van der Waals surface area (Å²) in [5, 5.41) is 8.24. The number of fused-ring (bicyclic) bond motifs is 3. The van der Waals surface area contributed by atoms with E-state index in [9.17, 15) is 14.4 Å². The van der Waals surface area contributed by atoms with Crippen LogP contribution >= 0.6 is 11.3 Å². The molecule has 3 aromatic heterocycles. The Morgan fingerprint density at radius 1 is 1.00 bits per heavy atom. The van der Waals surface area contributed by atoms with Gasteiger partial charge in [0, 0.05) is 22.2 Å². The molecule has 0 aliphatic carbocycles. The summed E-state index contributed by atoms with van der Waals surface area (Å²) in [6, 6.07) is 22.2. The molecular formula is C30H21N5O4S. The van der Waals surface area contributed by atoms with Gasteiger partial charge in [0.15, 0.2) is 5.76 Å². The van der Waals surface area contributed by atoms with Crippen molar-refractivity contribution in [2.75, 3.05) is 16.8 Å². The largest absolute Gasteiger partial charge is 0.452 e. The van der Waals surface area contributed by atoms with Crippen LogP contribution in [0.15, 0.2) is 82.0 Å². The minimum atomic E-state index is -0.447. The van der Waals surface area contributed by atoms with E-state index in [4.69, 9.17) is 4.42 Å². The summed E-state index contributed by atoms with van der Waals surface area (Å²) in [5.41, 5.74) is 4.21. The zero-order valence-corrected chi connectivity index (χ0v) is 22.3. The molecule has 10 heteroatoms. The second kappa shape index (κ2) is 8.99. The van der Waals surface area contributed by atoms with Gasteiger partial charge in [-0.1, -0.05) is 59.9 Å². The van der Waals surface area contributed by atoms with Gasteiger partial charge in [-0.2, -0.15) is 9.50 Å². The van der Waals surface area contributed by atoms with E-state index >= 15 is 0 Å². The van der Waals surface area contributed by atoms with Gasteiger partial charge in [-0.3, -0.25) is 19.3 Å². The van der Waals surface area contributed by atoms with E-state index < -0.39 is 11.5 Å². The number of nitrogens with zero attached hydrogens (tertiary/aromatic N) is 4. The fourth-order valence-electron chi connectivity index (χ4n) is 5.09. The van der Waals surface area contributed by atoms with E-state index in [1.165, 1.54) is 9.42 Å². The molecule has 0 bridgehead atoms. The second-order valence-electron chi connectivity index (χ2n) is 9.62. The molecule has 1 aliphatic heterocycles. The average Bonchev–Trinajstić information content (AvgIpc) is 3.66. The third kappa shape index (κ3) is 3.72. The first-order valence-corrected chi connectivity index (χ1v) is 13.4. The maximum Gasteiger partial charge on any atom is 0.291 e. The Labute approximate surface area is 231 Å². The van der Waals surface area contributed by atoms with Gasteiger partial charge in [0.1, 0.15) is 16.7 Å². The number of furan rings is 1. The number of hydrogen-bond donors (Lipinski definition) is 1. The van der Waals surface area contributed by atoms with Crippen molar-refractivity contribution in [1.82, 2.24) is 14.6 Å². The number of anilines is 2. The predicted octanol–water partition coefficient (Wildman–Crippen LogP) is 4.08. The highest BCUT2D eigenvalue weighted by Crippen LogP contribution is 2.35. The van der Waals surface area contributed by atoms with Crippen LogP contribution in [0.4, 0.5) is 11.4 Å². The molecule has 0 fully saturated rings. The van der Waals surface area contributed by atoms with E-state index in [2.05, 4.69) is 15.4 Å². The lowest BCUT2D eigenvalue weighted by molar-refractivity contribution is -0.118. The van der Waals surface area contributed by atoms with Crippen molar-refractivity contribution in [1.29, 1.82) is 0 Å². The highest BCUT2D eigenvalue weighted by molar-refractivity contribution is 7.15. The quantitative estimate of drug-likeness (QED) is 0.356. The van der Waals surface area contributed by atoms with Crippen LogP contribution in [0.5, 0.6) is 0 Å². The molecule has 4 heterocycles. The number of benzene rings is 3. The van der Waals surface area contributed by atoms with E-state index in [0.29, 0.717) is 39.1 Å². The van der Waals surface area contributed by atoms with Crippen LogP contribution in [0.3, 0.4) is 0 Å². The minimum Gasteiger partial charge on any atom is -0.452 e. The molecule has 0 spiro atoms. The van der Waals surface area contributed by atoms with E-state index in [-0.39, 0.29) is 22.6 Å². The van der Waals surface area contributed by atoms with Gasteiger partial charge < -0.3 is 9.73 Å². The number of rotatable bonds is 4. The Morgan fingerprint density at radius 2 is 1.80 bits per heavy atom. The van der Waals surface area contributed by atoms with Crippen LogP contribution in [0.2, 0.25) is 0 Å². The molecule has 1 aliphatic rings. The molecule has 0 saturated carbocycles. The summed E-state index contributed by atoms with van der Waals surface area (Å²) < 4.78 is 7.41. The molecule has 0 unspecified atom stereocenters. The smallest absolute Gasteiger partial charge is 0.291 e. The van der Waals surface area contributed by atoms with Crippen LogP contribution in [0, 0.1) is 13.8 Å². The zero-order chi connectivity index (χ0) is 27.5. The van der Waals surface area contributed by atoms with Crippen molar-refractivity contribution in [3.05, 3.63) is 104 Å². The highest BCUT2D eigenvalue weighted by atomic mass is 32.1. The Kier molecular flexibility index (Phi) is 5.39. The third-order valence-electron chi connectivity index (χ3n) is 6.96. The minimum absolute atomic E-state index is 0.197. The van der Waals surface area contributed by atoms with Crippen LogP contribution in [0.1, 0.15) is 16.7 Å². The summed E-state index contributed by atoms with van der Waals surface area (Å²) in [7, 11) is 0. The van der Waals surface area contributed by atoms with Crippen molar-refractivity contribution < 1.29 is 14.0 Å². The van der Waals surface area contributed by atoms with Gasteiger partial charge in [-0.25, -0.2) is 0 Å². The van der Waals surface area contributed by atoms with Gasteiger partial charge >= 0.3 is 0 Å². The lowest BCUT2D eigenvalue weighted by atomic mass is 10.1. The number of amides is 2. The Morgan fingerprint density at radius 3 is 2.60 bits per heavy atom. The maximum atomic E-state index is 13.7. The van der Waals surface area contributed by atoms with Crippen molar-refractivity contribution in [3.8, 4) is 11.6 Å². The fraction of sp³-hybridized carbons (Fsp3) is 0.100. The first-order chi connectivity index (χ1) is 19.4. The van der Waals surface area contributed by atoms with E-state index in [1.54, 1.807) is 30.3 Å². The SMILES string of the molecule is Cc1cccc(NC(=O)CN2C(=O)C(=c3sc4nc(-c5oc6ccccc6c5C)nn4c3=O)c3ccccc32)c1. The van der Waals surface area contributed by atoms with Gasteiger partial charge in [0.2, 0.25) is 16.7 Å². The second-order valence-corrected chi connectivity index (χ2v) is 10.6. The monoisotopic (exact) mass is 547 g/mol. The predicted molar refractivity (Wildman–Crippen MR) is 153 cm³/mol. The summed E-state index contributed by atoms with van der Waals surface area (Å²) in [4.78, 5) is 46.5. The first kappa shape index (κ1) is 24.0. The van der Waals surface area contributed by atoms with Gasteiger partial charge in [0.25, 0.3) is 11.5 Å². The third-order valence-corrected chi connectivity index (χ3v) is 7.99. The number of aryl methyl sites for hydroxylation is 2. The molecule has 9 nitrogen and oxygen atoms in total. The molecule has 7 rings (SSSR count). The zero-order valence-electron chi connectivity index (χ0n) is 21.5. The summed E-state index contributed by atoms with van der Waals surface area (Å²) >= 11 is 1.09. The summed E-state index contributed by atoms with van der Waals surface area (Å²) in [6.45, 7) is 3.66. The molecule has 40 heavy (non-hydrogen) atoms. The van der Waals surface area contributed by atoms with E-state index in [0.717, 1.165) is 27.8 Å². The molecule has 6 aromatic rings. The number of carbonyl (C=O) groups is 2. The summed E-state index contributed by atoms with van der Waals surface area (Å²) in [6.07, 6.45) is 0. The molecular weight excluding hydrogens is 526 g/mol. The number of para-hydroxylation sites is 2. The molecule has 0 saturated heterocycles. The number of carbonyl (C=O) groups excluding carboxylic acids is 2. The molecule has 196 valence electrons. The molecule has 1 N–H and O–H groups in total. The average molecular weight is 548 g/mol. The molecule has 0 radical (unpaired) electrons. The Balaban J connectivity index is 1.28. The normalized spacial score (nSPS) is 14.3. The fourth-order valence-corrected chi connectivity index (χ4v) is 6.09. The van der Waals surface area contributed by atoms with Gasteiger partial charge in [-0.15, -0.1) is 5.10 Å². The van der Waals surface area contributed by atoms with Crippen molar-refractivity contribution in [3.63, 3.8) is 0 Å². The van der Waals surface area contributed by atoms with Crippen molar-refractivity contribution >= 4 is 56.0 Å². The molecule has 0 atom stereocenters. The number of aromatic nitrogens is 3. The number of thiazole rings is 1. The van der Waals surface area contributed by atoms with Crippen LogP contribution in [-0.2, 0) is 9.59 Å². The van der Waals surface area contributed by atoms with Gasteiger partial charge in [-0.05, 0) is 43.7 Å². The standard InChI is InChI=1S/C30H21N5O4S/c1-16-8-7-9-18(14-16)31-23(36)15-34-21-12-5-3-11-20(21)24(28(34)37)26-29(38)35-30(40-26)32-27(33-35)25-17(2)19-10-4-6-13-22(19)39-25/h3-14H,15H2,1-2H3,(H,31,36). The van der Waals surface area contributed by atoms with Crippen LogP contribution < -0.4 is 20.3 Å². The first-order valence-electron chi connectivity index (χ1n) is 12.6. The maximum absolute atomic E-state index is 13.7.